The summed E-state index contributed by atoms with van der Waals surface area (Å²) >= 11 is 3.11. The summed E-state index contributed by atoms with van der Waals surface area (Å²) in [5.41, 5.74) is -1.52. The summed E-state index contributed by atoms with van der Waals surface area (Å²) in [6.07, 6.45) is 0.161. The molecule has 1 atom stereocenters. The third-order valence-electron chi connectivity index (χ3n) is 2.99. The molecule has 1 aromatic carbocycles. The maximum atomic E-state index is 13.6. The van der Waals surface area contributed by atoms with Crippen LogP contribution in [0.5, 0.6) is 0 Å². The lowest BCUT2D eigenvalue weighted by molar-refractivity contribution is -0.144. The van der Waals surface area contributed by atoms with E-state index in [4.69, 9.17) is 4.74 Å². The summed E-state index contributed by atoms with van der Waals surface area (Å²) in [7, 11) is 0. The Balaban J connectivity index is 2.11. The standard InChI is InChI=1S/C12H12BrFN2O4/c13-7-2-1-3-8(14)9(7)15-11(19)16-12(10(17)18)4-5-20-6-12/h1-3H,4-6H2,(H,17,18)(H2,15,16,19). The Morgan fingerprint density at radius 3 is 2.75 bits per heavy atom. The first kappa shape index (κ1) is 14.7. The molecule has 1 saturated heterocycles. The van der Waals surface area contributed by atoms with Crippen LogP contribution in [0.4, 0.5) is 14.9 Å². The lowest BCUT2D eigenvalue weighted by Gasteiger charge is -2.24. The molecule has 0 radical (unpaired) electrons. The van der Waals surface area contributed by atoms with Gasteiger partial charge in [0.15, 0.2) is 5.54 Å². The summed E-state index contributed by atoms with van der Waals surface area (Å²) in [6, 6.07) is 3.42. The van der Waals surface area contributed by atoms with Gasteiger partial charge in [-0.15, -0.1) is 0 Å². The topological polar surface area (TPSA) is 87.7 Å². The van der Waals surface area contributed by atoms with Crippen LogP contribution in [0.1, 0.15) is 6.42 Å². The van der Waals surface area contributed by atoms with Crippen LogP contribution in [0.3, 0.4) is 0 Å². The molecule has 1 aromatic rings. The molecular weight excluding hydrogens is 335 g/mol. The predicted molar refractivity (Wildman–Crippen MR) is 72.1 cm³/mol. The molecule has 20 heavy (non-hydrogen) atoms. The van der Waals surface area contributed by atoms with Crippen LogP contribution in [-0.2, 0) is 9.53 Å². The van der Waals surface area contributed by atoms with E-state index in [0.717, 1.165) is 0 Å². The fourth-order valence-corrected chi connectivity index (χ4v) is 2.31. The van der Waals surface area contributed by atoms with Gasteiger partial charge in [-0.1, -0.05) is 6.07 Å². The number of nitrogens with one attached hydrogen (secondary N) is 2. The van der Waals surface area contributed by atoms with Crippen LogP contribution in [0, 0.1) is 5.82 Å². The van der Waals surface area contributed by atoms with Gasteiger partial charge in [0, 0.05) is 17.5 Å². The number of ether oxygens (including phenoxy) is 1. The van der Waals surface area contributed by atoms with E-state index < -0.39 is 23.4 Å². The van der Waals surface area contributed by atoms with E-state index in [1.54, 1.807) is 6.07 Å². The van der Waals surface area contributed by atoms with Gasteiger partial charge in [-0.25, -0.2) is 14.0 Å². The predicted octanol–water partition coefficient (Wildman–Crippen LogP) is 1.95. The first-order valence-corrected chi connectivity index (χ1v) is 6.58. The highest BCUT2D eigenvalue weighted by atomic mass is 79.9. The minimum Gasteiger partial charge on any atom is -0.479 e. The van der Waals surface area contributed by atoms with E-state index in [-0.39, 0.29) is 25.3 Å². The van der Waals surface area contributed by atoms with Crippen molar-refractivity contribution in [3.05, 3.63) is 28.5 Å². The molecule has 1 aliphatic heterocycles. The van der Waals surface area contributed by atoms with Gasteiger partial charge in [0.1, 0.15) is 5.82 Å². The number of aliphatic carboxylic acids is 1. The van der Waals surface area contributed by atoms with Crippen molar-refractivity contribution in [1.82, 2.24) is 5.32 Å². The van der Waals surface area contributed by atoms with E-state index >= 15 is 0 Å². The first-order chi connectivity index (χ1) is 9.44. The highest BCUT2D eigenvalue weighted by molar-refractivity contribution is 9.10. The first-order valence-electron chi connectivity index (χ1n) is 5.79. The third kappa shape index (κ3) is 2.91. The van der Waals surface area contributed by atoms with Crippen molar-refractivity contribution in [2.45, 2.75) is 12.0 Å². The number of anilines is 1. The molecule has 1 aliphatic rings. The van der Waals surface area contributed by atoms with Gasteiger partial charge in [0.2, 0.25) is 0 Å². The average molecular weight is 347 g/mol. The molecule has 0 saturated carbocycles. The van der Waals surface area contributed by atoms with Gasteiger partial charge < -0.3 is 20.5 Å². The van der Waals surface area contributed by atoms with Gasteiger partial charge in [0.05, 0.1) is 12.3 Å². The number of hydrogen-bond acceptors (Lipinski definition) is 3. The molecule has 8 heteroatoms. The van der Waals surface area contributed by atoms with Crippen LogP contribution < -0.4 is 10.6 Å². The summed E-state index contributed by atoms with van der Waals surface area (Å²) < 4.78 is 18.9. The normalized spacial score (nSPS) is 21.5. The summed E-state index contributed by atoms with van der Waals surface area (Å²) in [4.78, 5) is 23.1. The molecule has 0 bridgehead atoms. The zero-order valence-electron chi connectivity index (χ0n) is 10.3. The SMILES string of the molecule is O=C(Nc1c(F)cccc1Br)NC1(C(=O)O)CCOC1. The number of rotatable bonds is 3. The van der Waals surface area contributed by atoms with Crippen molar-refractivity contribution >= 4 is 33.6 Å². The van der Waals surface area contributed by atoms with Crippen molar-refractivity contribution in [3.63, 3.8) is 0 Å². The van der Waals surface area contributed by atoms with Crippen molar-refractivity contribution in [1.29, 1.82) is 0 Å². The number of carbonyl (C=O) groups excluding carboxylic acids is 1. The van der Waals surface area contributed by atoms with E-state index in [0.29, 0.717) is 4.47 Å². The highest BCUT2D eigenvalue weighted by Crippen LogP contribution is 2.25. The van der Waals surface area contributed by atoms with Crippen LogP contribution in [0.15, 0.2) is 22.7 Å². The summed E-state index contributed by atoms with van der Waals surface area (Å²) in [5, 5.41) is 13.8. The fourth-order valence-electron chi connectivity index (χ4n) is 1.87. The molecule has 6 nitrogen and oxygen atoms in total. The Morgan fingerprint density at radius 1 is 1.45 bits per heavy atom. The molecule has 1 heterocycles. The second kappa shape index (κ2) is 5.76. The van der Waals surface area contributed by atoms with Crippen LogP contribution >= 0.6 is 15.9 Å². The number of carbonyl (C=O) groups is 2. The van der Waals surface area contributed by atoms with Gasteiger partial charge in [0.25, 0.3) is 0 Å². The number of halogens is 2. The number of carboxylic acids is 1. The molecule has 108 valence electrons. The minimum atomic E-state index is -1.47. The highest BCUT2D eigenvalue weighted by Gasteiger charge is 2.44. The average Bonchev–Trinajstić information content (AvgIpc) is 2.84. The Morgan fingerprint density at radius 2 is 2.20 bits per heavy atom. The molecule has 1 unspecified atom stereocenters. The molecule has 0 aliphatic carbocycles. The Hall–Kier alpha value is -1.67. The number of para-hydroxylation sites is 1. The lowest BCUT2D eigenvalue weighted by Crippen LogP contribution is -2.56. The third-order valence-corrected chi connectivity index (χ3v) is 3.65. The van der Waals surface area contributed by atoms with Crippen LogP contribution in [0.2, 0.25) is 0 Å². The molecule has 2 rings (SSSR count). The molecule has 2 amide bonds. The van der Waals surface area contributed by atoms with Crippen LogP contribution in [-0.4, -0.2) is 35.9 Å². The van der Waals surface area contributed by atoms with Gasteiger partial charge in [-0.05, 0) is 28.1 Å². The maximum absolute atomic E-state index is 13.6. The summed E-state index contributed by atoms with van der Waals surface area (Å²) in [5.74, 6) is -1.81. The Kier molecular flexibility index (Phi) is 4.24. The Bertz CT molecular complexity index is 526. The second-order valence-electron chi connectivity index (χ2n) is 4.37. The van der Waals surface area contributed by atoms with E-state index in [1.807, 2.05) is 0 Å². The van der Waals surface area contributed by atoms with Crippen molar-refractivity contribution in [2.24, 2.45) is 0 Å². The lowest BCUT2D eigenvalue weighted by atomic mass is 9.99. The smallest absolute Gasteiger partial charge is 0.332 e. The van der Waals surface area contributed by atoms with E-state index in [1.165, 1.54) is 12.1 Å². The van der Waals surface area contributed by atoms with Crippen molar-refractivity contribution in [3.8, 4) is 0 Å². The molecule has 0 aromatic heterocycles. The molecule has 3 N–H and O–H groups in total. The van der Waals surface area contributed by atoms with Gasteiger partial charge >= 0.3 is 12.0 Å². The van der Waals surface area contributed by atoms with Crippen LogP contribution in [0.25, 0.3) is 0 Å². The largest absolute Gasteiger partial charge is 0.479 e. The Labute approximate surface area is 122 Å². The second-order valence-corrected chi connectivity index (χ2v) is 5.22. The minimum absolute atomic E-state index is 0.0514. The quantitative estimate of drug-likeness (QED) is 0.780. The fraction of sp³-hybridized carbons (Fsp3) is 0.333. The molecule has 0 spiro atoms. The number of benzene rings is 1. The van der Waals surface area contributed by atoms with Gasteiger partial charge in [-0.2, -0.15) is 0 Å². The van der Waals surface area contributed by atoms with Crippen molar-refractivity contribution < 1.29 is 23.8 Å². The zero-order valence-corrected chi connectivity index (χ0v) is 11.9. The van der Waals surface area contributed by atoms with E-state index in [9.17, 15) is 19.1 Å². The van der Waals surface area contributed by atoms with E-state index in [2.05, 4.69) is 26.6 Å². The number of carboxylic acid groups (broad SMARTS) is 1. The number of amides is 2. The molecule has 1 fully saturated rings. The van der Waals surface area contributed by atoms with Crippen molar-refractivity contribution in [2.75, 3.05) is 18.5 Å². The number of urea groups is 1. The maximum Gasteiger partial charge on any atom is 0.332 e. The monoisotopic (exact) mass is 346 g/mol. The zero-order chi connectivity index (χ0) is 14.8. The number of hydrogen-bond donors (Lipinski definition) is 3. The summed E-state index contributed by atoms with van der Waals surface area (Å²) in [6.45, 7) is 0.129. The molecular formula is C12H12BrFN2O4. The van der Waals surface area contributed by atoms with Gasteiger partial charge in [-0.3, -0.25) is 0 Å².